The first-order chi connectivity index (χ1) is 29.1. The van der Waals surface area contributed by atoms with Gasteiger partial charge in [0.2, 0.25) is 0 Å². The van der Waals surface area contributed by atoms with Crippen molar-refractivity contribution >= 4 is 18.5 Å². The minimum atomic E-state index is -0.483. The largest absolute Gasteiger partial charge is 0.444 e. The molecule has 0 saturated heterocycles. The van der Waals surface area contributed by atoms with Crippen molar-refractivity contribution in [3.05, 3.63) is 33.9 Å². The topological polar surface area (TPSA) is 141 Å². The van der Waals surface area contributed by atoms with Crippen LogP contribution in [0.5, 0.6) is 0 Å². The van der Waals surface area contributed by atoms with Crippen molar-refractivity contribution in [1.82, 2.24) is 39.6 Å². The van der Waals surface area contributed by atoms with Crippen LogP contribution >= 0.6 is 12.4 Å². The lowest BCUT2D eigenvalue weighted by atomic mass is 9.70. The molecule has 2 N–H and O–H groups in total. The van der Waals surface area contributed by atoms with Crippen LogP contribution < -0.4 is 5.32 Å². The van der Waals surface area contributed by atoms with Crippen LogP contribution in [0.4, 0.5) is 4.79 Å². The van der Waals surface area contributed by atoms with E-state index in [0.29, 0.717) is 37.0 Å². The van der Waals surface area contributed by atoms with Crippen molar-refractivity contribution < 1.29 is 33.6 Å². The molecule has 2 aromatic heterocycles. The summed E-state index contributed by atoms with van der Waals surface area (Å²) in [7, 11) is 12.7. The highest BCUT2D eigenvalue weighted by Crippen LogP contribution is 2.46. The van der Waals surface area contributed by atoms with Gasteiger partial charge in [0.25, 0.3) is 0 Å². The van der Waals surface area contributed by atoms with Gasteiger partial charge < -0.3 is 39.0 Å². The van der Waals surface area contributed by atoms with E-state index in [-0.39, 0.29) is 23.9 Å². The standard InChI is InChI=1S/C25H44N4O4.C20H36N4O2.CH4O.ClH/c1-24(2,3)33-23(30)28(6)13-12-27(5)16-20-22(21-17-32-15-14-29(21)26-20)19-8-10-25(4,11-9-19)18-31-7;1-20(15-25-4)7-5-16(6-8-20)19-17(13-23(3)10-9-21-2)22-24-11-12-26-14-18(19)24;1-2;/h19H,8-18H2,1-7H3;16,21H,5-15H2,1-4H3;2H,1H3;1H. The van der Waals surface area contributed by atoms with Crippen LogP contribution in [0.25, 0.3) is 0 Å². The van der Waals surface area contributed by atoms with Gasteiger partial charge in [-0.25, -0.2) is 4.79 Å². The van der Waals surface area contributed by atoms with Gasteiger partial charge in [-0.1, -0.05) is 13.8 Å². The second kappa shape index (κ2) is 25.4. The Morgan fingerprint density at radius 2 is 1.19 bits per heavy atom. The van der Waals surface area contributed by atoms with Gasteiger partial charge in [-0.05, 0) is 116 Å². The third-order valence-corrected chi connectivity index (χ3v) is 13.0. The maximum Gasteiger partial charge on any atom is 0.410 e. The zero-order chi connectivity index (χ0) is 44.8. The van der Waals surface area contributed by atoms with Crippen LogP contribution in [-0.2, 0) is 63.1 Å². The number of nitrogens with one attached hydrogen (secondary N) is 1. The maximum atomic E-state index is 12.3. The van der Waals surface area contributed by atoms with E-state index in [0.717, 1.165) is 92.2 Å². The molecule has 15 nitrogen and oxygen atoms in total. The molecule has 16 heteroatoms. The number of nitrogens with zero attached hydrogens (tertiary/aromatic N) is 7. The average Bonchev–Trinajstić information content (AvgIpc) is 3.77. The third-order valence-electron chi connectivity index (χ3n) is 13.0. The van der Waals surface area contributed by atoms with E-state index in [1.807, 2.05) is 34.9 Å². The lowest BCUT2D eigenvalue weighted by molar-refractivity contribution is 0.0286. The third kappa shape index (κ3) is 15.4. The summed E-state index contributed by atoms with van der Waals surface area (Å²) in [6.07, 6.45) is 9.30. The lowest BCUT2D eigenvalue weighted by Gasteiger charge is -2.37. The van der Waals surface area contributed by atoms with Crippen molar-refractivity contribution in [3.8, 4) is 0 Å². The van der Waals surface area contributed by atoms with Crippen molar-refractivity contribution in [1.29, 1.82) is 0 Å². The number of halogens is 1. The Hall–Kier alpha value is -2.34. The Kier molecular flexibility index (Phi) is 22.1. The Morgan fingerprint density at radius 3 is 1.58 bits per heavy atom. The molecule has 0 bridgehead atoms. The Morgan fingerprint density at radius 1 is 0.774 bits per heavy atom. The predicted octanol–water partition coefficient (Wildman–Crippen LogP) is 6.43. The number of hydrogen-bond donors (Lipinski definition) is 2. The number of hydrogen-bond acceptors (Lipinski definition) is 12. The zero-order valence-corrected chi connectivity index (χ0v) is 41.5. The van der Waals surface area contributed by atoms with E-state index in [1.54, 1.807) is 19.1 Å². The molecule has 2 saturated carbocycles. The predicted molar refractivity (Wildman–Crippen MR) is 247 cm³/mol. The summed E-state index contributed by atoms with van der Waals surface area (Å²) in [5.41, 5.74) is 8.04. The summed E-state index contributed by atoms with van der Waals surface area (Å²) >= 11 is 0. The summed E-state index contributed by atoms with van der Waals surface area (Å²) in [4.78, 5) is 18.5. The van der Waals surface area contributed by atoms with E-state index in [4.69, 9.17) is 39.0 Å². The molecule has 62 heavy (non-hydrogen) atoms. The number of likely N-dealkylation sites (N-methyl/N-ethyl adjacent to an activating group) is 4. The zero-order valence-electron chi connectivity index (χ0n) is 40.6. The summed E-state index contributed by atoms with van der Waals surface area (Å²) in [6, 6.07) is 0. The van der Waals surface area contributed by atoms with Gasteiger partial charge in [-0.3, -0.25) is 19.2 Å². The quantitative estimate of drug-likeness (QED) is 0.192. The number of aliphatic hydroxyl groups excluding tert-OH is 1. The SMILES string of the molecule is CNCCN(C)Cc1nn2c(c1C1CCC(C)(COC)CC1)COCC2.CO.COCC1(C)CCC(c2c(CN(C)CCN(C)C(=O)OC(C)(C)C)nn3c2COCC3)CC1.Cl. The van der Waals surface area contributed by atoms with E-state index in [9.17, 15) is 4.79 Å². The molecule has 358 valence electrons. The number of aliphatic hydroxyl groups is 1. The summed E-state index contributed by atoms with van der Waals surface area (Å²) < 4.78 is 32.4. The van der Waals surface area contributed by atoms with Crippen LogP contribution in [0.1, 0.15) is 132 Å². The first kappa shape index (κ1) is 54.0. The van der Waals surface area contributed by atoms with E-state index >= 15 is 0 Å². The van der Waals surface area contributed by atoms with Crippen LogP contribution in [0.2, 0.25) is 0 Å². The van der Waals surface area contributed by atoms with Crippen molar-refractivity contribution in [2.75, 3.05) is 102 Å². The number of aromatic nitrogens is 4. The fourth-order valence-corrected chi connectivity index (χ4v) is 9.54. The number of fused-ring (bicyclic) bond motifs is 2. The molecule has 2 aromatic rings. The minimum Gasteiger partial charge on any atom is -0.444 e. The number of amides is 1. The summed E-state index contributed by atoms with van der Waals surface area (Å²) in [6.45, 7) is 21.7. The van der Waals surface area contributed by atoms with E-state index in [1.165, 1.54) is 72.4 Å². The van der Waals surface area contributed by atoms with Gasteiger partial charge in [-0.2, -0.15) is 10.2 Å². The highest BCUT2D eigenvalue weighted by atomic mass is 35.5. The number of carbonyl (C=O) groups excluding carboxylic acids is 1. The van der Waals surface area contributed by atoms with Gasteiger partial charge in [0.15, 0.2) is 0 Å². The fourth-order valence-electron chi connectivity index (χ4n) is 9.54. The van der Waals surface area contributed by atoms with Crippen LogP contribution in [-0.4, -0.2) is 153 Å². The number of ether oxygens (including phenoxy) is 5. The highest BCUT2D eigenvalue weighted by Gasteiger charge is 2.37. The van der Waals surface area contributed by atoms with E-state index < -0.39 is 5.60 Å². The molecule has 0 aromatic carbocycles. The molecule has 2 aliphatic heterocycles. The molecule has 0 atom stereocenters. The number of rotatable bonds is 16. The Bertz CT molecular complexity index is 1610. The van der Waals surface area contributed by atoms with E-state index in [2.05, 4.69) is 52.4 Å². The molecular formula is C46H85ClN8O7. The smallest absolute Gasteiger partial charge is 0.410 e. The molecule has 2 fully saturated rings. The molecule has 0 spiro atoms. The maximum absolute atomic E-state index is 12.3. The van der Waals surface area contributed by atoms with Gasteiger partial charge in [0.1, 0.15) is 5.60 Å². The Labute approximate surface area is 380 Å². The second-order valence-corrected chi connectivity index (χ2v) is 19.7. The van der Waals surface area contributed by atoms with Gasteiger partial charge in [0, 0.05) is 78.8 Å². The molecule has 2 aliphatic carbocycles. The highest BCUT2D eigenvalue weighted by molar-refractivity contribution is 5.85. The average molecular weight is 898 g/mol. The fraction of sp³-hybridized carbons (Fsp3) is 0.848. The number of methoxy groups -OCH3 is 2. The first-order valence-corrected chi connectivity index (χ1v) is 22.8. The molecular weight excluding hydrogens is 812 g/mol. The van der Waals surface area contributed by atoms with Crippen molar-refractivity contribution in [2.24, 2.45) is 10.8 Å². The van der Waals surface area contributed by atoms with Crippen LogP contribution in [0.3, 0.4) is 0 Å². The summed E-state index contributed by atoms with van der Waals surface area (Å²) in [5, 5.41) is 20.2. The van der Waals surface area contributed by atoms with Crippen LogP contribution in [0.15, 0.2) is 0 Å². The lowest BCUT2D eigenvalue weighted by Crippen LogP contribution is -2.38. The molecule has 1 amide bonds. The van der Waals surface area contributed by atoms with Crippen LogP contribution in [0, 0.1) is 10.8 Å². The first-order valence-electron chi connectivity index (χ1n) is 22.8. The van der Waals surface area contributed by atoms with Gasteiger partial charge in [0.05, 0.1) is 75.5 Å². The number of carbonyl (C=O) groups is 1. The molecule has 4 heterocycles. The van der Waals surface area contributed by atoms with Crippen molar-refractivity contribution in [2.45, 2.75) is 143 Å². The molecule has 4 aliphatic rings. The second-order valence-electron chi connectivity index (χ2n) is 19.7. The molecule has 0 radical (unpaired) electrons. The normalized spacial score (nSPS) is 23.6. The Balaban J connectivity index is 0.000000320. The monoisotopic (exact) mass is 897 g/mol. The molecule has 6 rings (SSSR count). The van der Waals surface area contributed by atoms with Crippen molar-refractivity contribution in [3.63, 3.8) is 0 Å². The molecule has 0 unspecified atom stereocenters. The van der Waals surface area contributed by atoms with Gasteiger partial charge >= 0.3 is 6.09 Å². The van der Waals surface area contributed by atoms with Gasteiger partial charge in [-0.15, -0.1) is 12.4 Å². The summed E-state index contributed by atoms with van der Waals surface area (Å²) in [5.74, 6) is 1.13. The minimum absolute atomic E-state index is 0.